The lowest BCUT2D eigenvalue weighted by Crippen LogP contribution is -2.42. The summed E-state index contributed by atoms with van der Waals surface area (Å²) in [6, 6.07) is 0.125. The van der Waals surface area contributed by atoms with Gasteiger partial charge < -0.3 is 15.3 Å². The van der Waals surface area contributed by atoms with Gasteiger partial charge in [0.25, 0.3) is 0 Å². The van der Waals surface area contributed by atoms with E-state index in [9.17, 15) is 9.90 Å². The lowest BCUT2D eigenvalue weighted by atomic mass is 10.1. The van der Waals surface area contributed by atoms with E-state index < -0.39 is 12.0 Å². The first-order valence-electron chi connectivity index (χ1n) is 7.76. The van der Waals surface area contributed by atoms with Gasteiger partial charge in [0, 0.05) is 12.6 Å². The molecule has 0 saturated carbocycles. The highest BCUT2D eigenvalue weighted by molar-refractivity contribution is 5.73. The predicted molar refractivity (Wildman–Crippen MR) is 80.6 cm³/mol. The third kappa shape index (κ3) is 8.22. The Bertz CT molecular complexity index is 234. The molecule has 2 N–H and O–H groups in total. The van der Waals surface area contributed by atoms with Crippen molar-refractivity contribution in [3.05, 3.63) is 0 Å². The second kappa shape index (κ2) is 11.2. The molecular formula is C15H32N2O2. The minimum atomic E-state index is -0.729. The zero-order chi connectivity index (χ0) is 14.7. The molecule has 0 aliphatic rings. The second-order valence-corrected chi connectivity index (χ2v) is 5.28. The molecule has 0 spiro atoms. The Balaban J connectivity index is 4.27. The van der Waals surface area contributed by atoms with Crippen molar-refractivity contribution in [3.8, 4) is 0 Å². The van der Waals surface area contributed by atoms with Crippen LogP contribution in [0.4, 0.5) is 0 Å². The summed E-state index contributed by atoms with van der Waals surface area (Å²) in [5.41, 5.74) is 0. The molecule has 0 fully saturated rings. The van der Waals surface area contributed by atoms with Crippen molar-refractivity contribution in [1.29, 1.82) is 0 Å². The predicted octanol–water partition coefficient (Wildman–Crippen LogP) is 2.73. The Morgan fingerprint density at radius 2 is 1.89 bits per heavy atom. The SMILES string of the molecule is CCCCN(CCC(NCCC)C(=O)O)C(C)CC. The lowest BCUT2D eigenvalue weighted by molar-refractivity contribution is -0.139. The van der Waals surface area contributed by atoms with Gasteiger partial charge >= 0.3 is 5.97 Å². The van der Waals surface area contributed by atoms with Crippen molar-refractivity contribution in [3.63, 3.8) is 0 Å². The maximum atomic E-state index is 11.2. The smallest absolute Gasteiger partial charge is 0.320 e. The van der Waals surface area contributed by atoms with Crippen molar-refractivity contribution in [2.45, 2.75) is 71.9 Å². The van der Waals surface area contributed by atoms with E-state index in [0.717, 1.165) is 32.5 Å². The van der Waals surface area contributed by atoms with Crippen LogP contribution in [-0.2, 0) is 4.79 Å². The zero-order valence-corrected chi connectivity index (χ0v) is 13.1. The zero-order valence-electron chi connectivity index (χ0n) is 13.1. The third-order valence-electron chi connectivity index (χ3n) is 3.66. The Morgan fingerprint density at radius 3 is 2.37 bits per heavy atom. The molecule has 4 heteroatoms. The first kappa shape index (κ1) is 18.4. The van der Waals surface area contributed by atoms with Gasteiger partial charge in [0.15, 0.2) is 0 Å². The standard InChI is InChI=1S/C15H32N2O2/c1-5-8-11-17(13(4)7-3)12-9-14(15(18)19)16-10-6-2/h13-14,16H,5-12H2,1-4H3,(H,18,19). The van der Waals surface area contributed by atoms with Crippen molar-refractivity contribution in [2.24, 2.45) is 0 Å². The summed E-state index contributed by atoms with van der Waals surface area (Å²) < 4.78 is 0. The van der Waals surface area contributed by atoms with Gasteiger partial charge in [-0.25, -0.2) is 0 Å². The second-order valence-electron chi connectivity index (χ2n) is 5.28. The number of carboxylic acids is 1. The van der Waals surface area contributed by atoms with Crippen molar-refractivity contribution in [1.82, 2.24) is 10.2 Å². The topological polar surface area (TPSA) is 52.6 Å². The molecule has 0 aliphatic carbocycles. The minimum Gasteiger partial charge on any atom is -0.480 e. The first-order valence-corrected chi connectivity index (χ1v) is 7.76. The molecule has 0 aromatic heterocycles. The molecule has 4 nitrogen and oxygen atoms in total. The Labute approximate surface area is 118 Å². The molecule has 0 aromatic rings. The summed E-state index contributed by atoms with van der Waals surface area (Å²) in [6.07, 6.45) is 5.13. The highest BCUT2D eigenvalue weighted by Gasteiger charge is 2.19. The molecular weight excluding hydrogens is 240 g/mol. The number of hydrogen-bond donors (Lipinski definition) is 2. The van der Waals surface area contributed by atoms with Crippen LogP contribution in [0.25, 0.3) is 0 Å². The van der Waals surface area contributed by atoms with E-state index in [1.54, 1.807) is 0 Å². The molecule has 0 rings (SSSR count). The molecule has 0 saturated heterocycles. The quantitative estimate of drug-likeness (QED) is 0.573. The first-order chi connectivity index (χ1) is 9.06. The summed E-state index contributed by atoms with van der Waals surface area (Å²) in [7, 11) is 0. The Hall–Kier alpha value is -0.610. The summed E-state index contributed by atoms with van der Waals surface area (Å²) in [5.74, 6) is -0.729. The van der Waals surface area contributed by atoms with E-state index in [-0.39, 0.29) is 0 Å². The summed E-state index contributed by atoms with van der Waals surface area (Å²) in [5, 5.41) is 12.3. The van der Waals surface area contributed by atoms with Gasteiger partial charge in [0.1, 0.15) is 6.04 Å². The summed E-state index contributed by atoms with van der Waals surface area (Å²) in [6.45, 7) is 11.4. The van der Waals surface area contributed by atoms with E-state index in [1.807, 2.05) is 0 Å². The number of aliphatic carboxylic acids is 1. The molecule has 0 radical (unpaired) electrons. The van der Waals surface area contributed by atoms with E-state index in [0.29, 0.717) is 12.5 Å². The van der Waals surface area contributed by atoms with Gasteiger partial charge in [-0.3, -0.25) is 4.79 Å². The van der Waals surface area contributed by atoms with Crippen LogP contribution in [0.15, 0.2) is 0 Å². The van der Waals surface area contributed by atoms with Crippen molar-refractivity contribution >= 4 is 5.97 Å². The van der Waals surface area contributed by atoms with Gasteiger partial charge in [0.2, 0.25) is 0 Å². The van der Waals surface area contributed by atoms with Crippen LogP contribution in [0.2, 0.25) is 0 Å². The molecule has 19 heavy (non-hydrogen) atoms. The van der Waals surface area contributed by atoms with Crippen molar-refractivity contribution in [2.75, 3.05) is 19.6 Å². The monoisotopic (exact) mass is 272 g/mol. The number of rotatable bonds is 12. The molecule has 0 bridgehead atoms. The fourth-order valence-electron chi connectivity index (χ4n) is 2.10. The largest absolute Gasteiger partial charge is 0.480 e. The van der Waals surface area contributed by atoms with Crippen LogP contribution in [0.5, 0.6) is 0 Å². The van der Waals surface area contributed by atoms with E-state index >= 15 is 0 Å². The third-order valence-corrected chi connectivity index (χ3v) is 3.66. The number of unbranched alkanes of at least 4 members (excludes halogenated alkanes) is 1. The number of nitrogens with zero attached hydrogens (tertiary/aromatic N) is 1. The average molecular weight is 272 g/mol. The van der Waals surface area contributed by atoms with Crippen LogP contribution in [0.3, 0.4) is 0 Å². The normalized spacial score (nSPS) is 14.6. The van der Waals surface area contributed by atoms with Crippen LogP contribution < -0.4 is 5.32 Å². The molecule has 0 amide bonds. The summed E-state index contributed by atoms with van der Waals surface area (Å²) in [4.78, 5) is 13.6. The van der Waals surface area contributed by atoms with Crippen LogP contribution >= 0.6 is 0 Å². The average Bonchev–Trinajstić information content (AvgIpc) is 2.40. The van der Waals surface area contributed by atoms with Crippen molar-refractivity contribution < 1.29 is 9.90 Å². The number of carbonyl (C=O) groups is 1. The molecule has 0 heterocycles. The fraction of sp³-hybridized carbons (Fsp3) is 0.933. The van der Waals surface area contributed by atoms with Gasteiger partial charge in [-0.2, -0.15) is 0 Å². The van der Waals surface area contributed by atoms with E-state index in [1.165, 1.54) is 12.8 Å². The van der Waals surface area contributed by atoms with E-state index in [4.69, 9.17) is 0 Å². The van der Waals surface area contributed by atoms with Gasteiger partial charge in [-0.15, -0.1) is 0 Å². The Kier molecular flexibility index (Phi) is 10.9. The Morgan fingerprint density at radius 1 is 1.21 bits per heavy atom. The van der Waals surface area contributed by atoms with Gasteiger partial charge in [-0.05, 0) is 45.7 Å². The van der Waals surface area contributed by atoms with Crippen LogP contribution in [0, 0.1) is 0 Å². The maximum absolute atomic E-state index is 11.2. The van der Waals surface area contributed by atoms with Crippen LogP contribution in [0.1, 0.15) is 59.8 Å². The lowest BCUT2D eigenvalue weighted by Gasteiger charge is -2.29. The van der Waals surface area contributed by atoms with E-state index in [2.05, 4.69) is 37.9 Å². The number of hydrogen-bond acceptors (Lipinski definition) is 3. The highest BCUT2D eigenvalue weighted by Crippen LogP contribution is 2.08. The maximum Gasteiger partial charge on any atom is 0.320 e. The molecule has 0 aromatic carbocycles. The molecule has 2 unspecified atom stereocenters. The number of nitrogens with one attached hydrogen (secondary N) is 1. The molecule has 2 atom stereocenters. The summed E-state index contributed by atoms with van der Waals surface area (Å²) >= 11 is 0. The fourth-order valence-corrected chi connectivity index (χ4v) is 2.10. The van der Waals surface area contributed by atoms with Crippen LogP contribution in [-0.4, -0.2) is 47.7 Å². The number of carboxylic acid groups (broad SMARTS) is 1. The minimum absolute atomic E-state index is 0.409. The highest BCUT2D eigenvalue weighted by atomic mass is 16.4. The molecule has 114 valence electrons. The van der Waals surface area contributed by atoms with Gasteiger partial charge in [0.05, 0.1) is 0 Å². The molecule has 0 aliphatic heterocycles. The van der Waals surface area contributed by atoms with Gasteiger partial charge in [-0.1, -0.05) is 27.2 Å².